The average Bonchev–Trinajstić information content (AvgIpc) is 2.81. The lowest BCUT2D eigenvalue weighted by Crippen LogP contribution is -2.33. The first-order chi connectivity index (χ1) is 9.45. The number of nitrogens with one attached hydrogen (secondary N) is 1. The predicted octanol–water partition coefficient (Wildman–Crippen LogP) is 0.668. The Bertz CT molecular complexity index is 535. The highest BCUT2D eigenvalue weighted by atomic mass is 35.5. The van der Waals surface area contributed by atoms with Gasteiger partial charge in [0.2, 0.25) is 11.8 Å². The standard InChI is InChI=1S/C13H17ClN4O2/c14-9-1-2-11(10(15)5-9)17-12(19)7-18-4-3-8(6-18)13(16)20/h1-2,5,8H,3-4,6-7,15H2,(H2,16,20)(H,17,19). The number of nitrogens with zero attached hydrogens (tertiary/aromatic N) is 1. The molecule has 1 aromatic rings. The van der Waals surface area contributed by atoms with Crippen molar-refractivity contribution in [3.63, 3.8) is 0 Å². The van der Waals surface area contributed by atoms with E-state index in [1.165, 1.54) is 0 Å². The lowest BCUT2D eigenvalue weighted by atomic mass is 10.1. The summed E-state index contributed by atoms with van der Waals surface area (Å²) in [4.78, 5) is 24.9. The number of amides is 2. The Hall–Kier alpha value is -1.79. The topological polar surface area (TPSA) is 101 Å². The normalized spacial score (nSPS) is 18.9. The summed E-state index contributed by atoms with van der Waals surface area (Å²) in [5, 5.41) is 3.25. The monoisotopic (exact) mass is 296 g/mol. The molecule has 7 heteroatoms. The largest absolute Gasteiger partial charge is 0.397 e. The molecule has 1 aromatic carbocycles. The van der Waals surface area contributed by atoms with Crippen molar-refractivity contribution in [2.75, 3.05) is 30.7 Å². The van der Waals surface area contributed by atoms with Crippen molar-refractivity contribution >= 4 is 34.8 Å². The second kappa shape index (κ2) is 6.11. The van der Waals surface area contributed by atoms with Crippen LogP contribution in [-0.4, -0.2) is 36.3 Å². The van der Waals surface area contributed by atoms with E-state index in [9.17, 15) is 9.59 Å². The van der Waals surface area contributed by atoms with Gasteiger partial charge in [0.15, 0.2) is 0 Å². The summed E-state index contributed by atoms with van der Waals surface area (Å²) >= 11 is 5.79. The van der Waals surface area contributed by atoms with Gasteiger partial charge in [0.1, 0.15) is 0 Å². The number of carbonyl (C=O) groups excluding carboxylic acids is 2. The van der Waals surface area contributed by atoms with E-state index in [2.05, 4.69) is 5.32 Å². The molecule has 0 saturated carbocycles. The summed E-state index contributed by atoms with van der Waals surface area (Å²) < 4.78 is 0. The molecular formula is C13H17ClN4O2. The number of benzene rings is 1. The van der Waals surface area contributed by atoms with Gasteiger partial charge in [-0.3, -0.25) is 14.5 Å². The van der Waals surface area contributed by atoms with Crippen LogP contribution in [0.25, 0.3) is 0 Å². The highest BCUT2D eigenvalue weighted by molar-refractivity contribution is 6.31. The molecule has 5 N–H and O–H groups in total. The number of hydrogen-bond acceptors (Lipinski definition) is 4. The fourth-order valence-corrected chi connectivity index (χ4v) is 2.43. The maximum atomic E-state index is 11.9. The molecule has 1 atom stereocenters. The van der Waals surface area contributed by atoms with Crippen LogP contribution in [0, 0.1) is 5.92 Å². The van der Waals surface area contributed by atoms with Gasteiger partial charge in [-0.1, -0.05) is 11.6 Å². The van der Waals surface area contributed by atoms with Crippen molar-refractivity contribution < 1.29 is 9.59 Å². The molecule has 0 aliphatic carbocycles. The Morgan fingerprint density at radius 2 is 2.20 bits per heavy atom. The van der Waals surface area contributed by atoms with Crippen molar-refractivity contribution in [1.82, 2.24) is 4.90 Å². The number of likely N-dealkylation sites (tertiary alicyclic amines) is 1. The lowest BCUT2D eigenvalue weighted by molar-refractivity contribution is -0.122. The van der Waals surface area contributed by atoms with E-state index in [0.29, 0.717) is 35.9 Å². The maximum absolute atomic E-state index is 11.9. The van der Waals surface area contributed by atoms with Crippen molar-refractivity contribution in [1.29, 1.82) is 0 Å². The molecule has 0 bridgehead atoms. The minimum atomic E-state index is -0.310. The van der Waals surface area contributed by atoms with Gasteiger partial charge >= 0.3 is 0 Å². The third-order valence-electron chi connectivity index (χ3n) is 3.33. The molecule has 0 spiro atoms. The summed E-state index contributed by atoms with van der Waals surface area (Å²) in [6.07, 6.45) is 0.700. The molecule has 0 radical (unpaired) electrons. The van der Waals surface area contributed by atoms with Gasteiger partial charge < -0.3 is 16.8 Å². The second-order valence-electron chi connectivity index (χ2n) is 4.90. The number of carbonyl (C=O) groups is 2. The van der Waals surface area contributed by atoms with Gasteiger partial charge in [-0.25, -0.2) is 0 Å². The minimum Gasteiger partial charge on any atom is -0.397 e. The molecule has 108 valence electrons. The number of nitrogens with two attached hydrogens (primary N) is 2. The number of anilines is 2. The molecule has 1 unspecified atom stereocenters. The quantitative estimate of drug-likeness (QED) is 0.711. The molecule has 1 aliphatic rings. The molecule has 20 heavy (non-hydrogen) atoms. The van der Waals surface area contributed by atoms with E-state index in [-0.39, 0.29) is 24.3 Å². The molecule has 1 fully saturated rings. The first-order valence-corrected chi connectivity index (χ1v) is 6.70. The third kappa shape index (κ3) is 3.61. The molecule has 1 aliphatic heterocycles. The summed E-state index contributed by atoms with van der Waals surface area (Å²) in [5.74, 6) is -0.651. The van der Waals surface area contributed by atoms with Crippen LogP contribution in [-0.2, 0) is 9.59 Å². The molecule has 1 saturated heterocycles. The zero-order valence-electron chi connectivity index (χ0n) is 10.9. The van der Waals surface area contributed by atoms with Gasteiger partial charge in [-0.15, -0.1) is 0 Å². The van der Waals surface area contributed by atoms with Crippen LogP contribution in [0.15, 0.2) is 18.2 Å². The first kappa shape index (κ1) is 14.6. The molecule has 1 heterocycles. The number of primary amides is 1. The molecule has 2 amide bonds. The fourth-order valence-electron chi connectivity index (χ4n) is 2.25. The average molecular weight is 297 g/mol. The van der Waals surface area contributed by atoms with Crippen molar-refractivity contribution in [2.45, 2.75) is 6.42 Å². The van der Waals surface area contributed by atoms with Gasteiger partial charge in [0.25, 0.3) is 0 Å². The third-order valence-corrected chi connectivity index (χ3v) is 3.56. The zero-order chi connectivity index (χ0) is 14.7. The first-order valence-electron chi connectivity index (χ1n) is 6.32. The van der Waals surface area contributed by atoms with Crippen molar-refractivity contribution in [3.05, 3.63) is 23.2 Å². The molecule has 6 nitrogen and oxygen atoms in total. The van der Waals surface area contributed by atoms with Gasteiger partial charge in [-0.05, 0) is 31.2 Å². The maximum Gasteiger partial charge on any atom is 0.238 e. The van der Waals surface area contributed by atoms with E-state index in [1.807, 2.05) is 4.90 Å². The summed E-state index contributed by atoms with van der Waals surface area (Å²) in [6.45, 7) is 1.43. The lowest BCUT2D eigenvalue weighted by Gasteiger charge is -2.15. The van der Waals surface area contributed by atoms with E-state index in [4.69, 9.17) is 23.1 Å². The van der Waals surface area contributed by atoms with Crippen LogP contribution in [0.3, 0.4) is 0 Å². The van der Waals surface area contributed by atoms with Crippen LogP contribution in [0.2, 0.25) is 5.02 Å². The van der Waals surface area contributed by atoms with E-state index in [1.54, 1.807) is 18.2 Å². The van der Waals surface area contributed by atoms with Crippen LogP contribution >= 0.6 is 11.6 Å². The van der Waals surface area contributed by atoms with Gasteiger partial charge in [0, 0.05) is 11.6 Å². The van der Waals surface area contributed by atoms with E-state index in [0.717, 1.165) is 0 Å². The summed E-state index contributed by atoms with van der Waals surface area (Å²) in [6, 6.07) is 4.90. The number of hydrogen-bond donors (Lipinski definition) is 3. The van der Waals surface area contributed by atoms with Crippen LogP contribution < -0.4 is 16.8 Å². The number of rotatable bonds is 4. The molecule has 2 rings (SSSR count). The Labute approximate surface area is 122 Å². The van der Waals surface area contributed by atoms with Crippen molar-refractivity contribution in [2.24, 2.45) is 11.7 Å². The van der Waals surface area contributed by atoms with Gasteiger partial charge in [-0.2, -0.15) is 0 Å². The second-order valence-corrected chi connectivity index (χ2v) is 5.34. The van der Waals surface area contributed by atoms with E-state index >= 15 is 0 Å². The Morgan fingerprint density at radius 3 is 2.80 bits per heavy atom. The van der Waals surface area contributed by atoms with Crippen LogP contribution in [0.5, 0.6) is 0 Å². The Morgan fingerprint density at radius 1 is 1.45 bits per heavy atom. The Kier molecular flexibility index (Phi) is 4.46. The smallest absolute Gasteiger partial charge is 0.238 e. The Balaban J connectivity index is 1.88. The minimum absolute atomic E-state index is 0.164. The molecular weight excluding hydrogens is 280 g/mol. The molecule has 0 aromatic heterocycles. The highest BCUT2D eigenvalue weighted by Gasteiger charge is 2.27. The van der Waals surface area contributed by atoms with Gasteiger partial charge in [0.05, 0.1) is 23.8 Å². The van der Waals surface area contributed by atoms with Crippen molar-refractivity contribution in [3.8, 4) is 0 Å². The van der Waals surface area contributed by atoms with E-state index < -0.39 is 0 Å². The predicted molar refractivity (Wildman–Crippen MR) is 78.2 cm³/mol. The van der Waals surface area contributed by atoms with Crippen LogP contribution in [0.4, 0.5) is 11.4 Å². The SMILES string of the molecule is NC(=O)C1CCN(CC(=O)Nc2ccc(Cl)cc2N)C1. The zero-order valence-corrected chi connectivity index (χ0v) is 11.7. The fraction of sp³-hybridized carbons (Fsp3) is 0.385. The highest BCUT2D eigenvalue weighted by Crippen LogP contribution is 2.23. The number of halogens is 1. The van der Waals surface area contributed by atoms with Crippen LogP contribution in [0.1, 0.15) is 6.42 Å². The summed E-state index contributed by atoms with van der Waals surface area (Å²) in [5.41, 5.74) is 12.0. The number of nitrogen functional groups attached to an aromatic ring is 1. The summed E-state index contributed by atoms with van der Waals surface area (Å²) in [7, 11) is 0.